The number of carbonyl (C=O) groups excluding carboxylic acids is 1. The molecule has 0 spiro atoms. The molecule has 2 bridgehead atoms. The number of methoxy groups -OCH3 is 1. The molecule has 3 aliphatic rings. The van der Waals surface area contributed by atoms with Gasteiger partial charge in [-0.3, -0.25) is 4.90 Å². The molecule has 3 aromatic rings. The minimum atomic E-state index is -0.397. The predicted molar refractivity (Wildman–Crippen MR) is 131 cm³/mol. The minimum absolute atomic E-state index is 0.00916. The molecule has 6 heteroatoms. The van der Waals surface area contributed by atoms with E-state index in [1.807, 2.05) is 36.4 Å². The number of ether oxygens (including phenoxy) is 3. The van der Waals surface area contributed by atoms with Crippen molar-refractivity contribution in [3.63, 3.8) is 0 Å². The van der Waals surface area contributed by atoms with Gasteiger partial charge in [0.25, 0.3) is 0 Å². The molecular weight excluding hydrogens is 445 g/mol. The van der Waals surface area contributed by atoms with E-state index in [4.69, 9.17) is 14.2 Å². The van der Waals surface area contributed by atoms with Gasteiger partial charge in [0.05, 0.1) is 32.4 Å². The fourth-order valence-corrected chi connectivity index (χ4v) is 5.72. The van der Waals surface area contributed by atoms with E-state index in [9.17, 15) is 9.18 Å². The Morgan fingerprint density at radius 3 is 2.34 bits per heavy atom. The summed E-state index contributed by atoms with van der Waals surface area (Å²) in [4.78, 5) is 15.1. The van der Waals surface area contributed by atoms with Crippen molar-refractivity contribution < 1.29 is 23.4 Å². The Hall–Kier alpha value is -3.64. The molecule has 1 saturated heterocycles. The van der Waals surface area contributed by atoms with Gasteiger partial charge in [0.2, 0.25) is 0 Å². The lowest BCUT2D eigenvalue weighted by molar-refractivity contribution is -0.0331. The van der Waals surface area contributed by atoms with Crippen LogP contribution < -0.4 is 4.74 Å². The smallest absolute Gasteiger partial charge is 0.410 e. The Kier molecular flexibility index (Phi) is 5.53. The summed E-state index contributed by atoms with van der Waals surface area (Å²) >= 11 is 0. The molecule has 2 unspecified atom stereocenters. The molecule has 1 fully saturated rings. The number of hydrogen-bond donors (Lipinski definition) is 0. The molecule has 35 heavy (non-hydrogen) atoms. The SMILES string of the molecule is COc1c(F)cccc1C1=CC2COCC(C1)N2C(=O)OCC1c2ccccc2-c2ccccc21. The van der Waals surface area contributed by atoms with Crippen LogP contribution in [-0.4, -0.2) is 50.0 Å². The number of morpholine rings is 1. The zero-order valence-corrected chi connectivity index (χ0v) is 19.4. The summed E-state index contributed by atoms with van der Waals surface area (Å²) in [6, 6.07) is 21.1. The van der Waals surface area contributed by atoms with Gasteiger partial charge in [0, 0.05) is 11.5 Å². The molecule has 1 aliphatic carbocycles. The van der Waals surface area contributed by atoms with Gasteiger partial charge in [-0.25, -0.2) is 9.18 Å². The highest BCUT2D eigenvalue weighted by Gasteiger charge is 2.40. The van der Waals surface area contributed by atoms with Gasteiger partial charge in [-0.1, -0.05) is 66.7 Å². The van der Waals surface area contributed by atoms with Crippen molar-refractivity contribution in [3.8, 4) is 16.9 Å². The molecule has 3 aromatic carbocycles. The number of fused-ring (bicyclic) bond motifs is 5. The average Bonchev–Trinajstić information content (AvgIpc) is 3.20. The largest absolute Gasteiger partial charge is 0.493 e. The van der Waals surface area contributed by atoms with E-state index in [2.05, 4.69) is 24.3 Å². The minimum Gasteiger partial charge on any atom is -0.493 e. The molecule has 178 valence electrons. The zero-order valence-electron chi connectivity index (χ0n) is 19.4. The van der Waals surface area contributed by atoms with Crippen LogP contribution in [0.4, 0.5) is 9.18 Å². The molecule has 2 aliphatic heterocycles. The van der Waals surface area contributed by atoms with Crippen molar-refractivity contribution in [3.05, 3.63) is 95.3 Å². The van der Waals surface area contributed by atoms with E-state index >= 15 is 0 Å². The quantitative estimate of drug-likeness (QED) is 0.494. The lowest BCUT2D eigenvalue weighted by Crippen LogP contribution is -2.56. The van der Waals surface area contributed by atoms with E-state index in [0.29, 0.717) is 19.6 Å². The highest BCUT2D eigenvalue weighted by molar-refractivity contribution is 5.80. The predicted octanol–water partition coefficient (Wildman–Crippen LogP) is 5.64. The van der Waals surface area contributed by atoms with E-state index in [1.165, 1.54) is 35.4 Å². The lowest BCUT2D eigenvalue weighted by Gasteiger charge is -2.44. The van der Waals surface area contributed by atoms with Crippen LogP contribution in [0, 0.1) is 5.82 Å². The zero-order chi connectivity index (χ0) is 23.9. The summed E-state index contributed by atoms with van der Waals surface area (Å²) in [7, 11) is 1.47. The first-order valence-corrected chi connectivity index (χ1v) is 11.9. The van der Waals surface area contributed by atoms with Crippen molar-refractivity contribution >= 4 is 11.7 Å². The van der Waals surface area contributed by atoms with E-state index in [-0.39, 0.29) is 36.5 Å². The van der Waals surface area contributed by atoms with Crippen molar-refractivity contribution in [1.29, 1.82) is 0 Å². The summed E-state index contributed by atoms with van der Waals surface area (Å²) in [5, 5.41) is 0. The topological polar surface area (TPSA) is 48.0 Å². The second-order valence-corrected chi connectivity index (χ2v) is 9.19. The van der Waals surface area contributed by atoms with Crippen LogP contribution in [0.2, 0.25) is 0 Å². The third kappa shape index (κ3) is 3.69. The molecule has 0 saturated carbocycles. The summed E-state index contributed by atoms with van der Waals surface area (Å²) in [5.41, 5.74) is 6.44. The number of benzene rings is 3. The number of carbonyl (C=O) groups is 1. The van der Waals surface area contributed by atoms with Gasteiger partial charge in [0.1, 0.15) is 6.61 Å². The highest BCUT2D eigenvalue weighted by atomic mass is 19.1. The first-order valence-electron chi connectivity index (χ1n) is 11.9. The Morgan fingerprint density at radius 1 is 0.971 bits per heavy atom. The third-order valence-electron chi connectivity index (χ3n) is 7.26. The maximum Gasteiger partial charge on any atom is 0.410 e. The fourth-order valence-electron chi connectivity index (χ4n) is 5.72. The Balaban J connectivity index is 1.23. The molecule has 2 heterocycles. The highest BCUT2D eigenvalue weighted by Crippen LogP contribution is 2.45. The molecule has 5 nitrogen and oxygen atoms in total. The summed E-state index contributed by atoms with van der Waals surface area (Å²) in [6.07, 6.45) is 2.18. The van der Waals surface area contributed by atoms with Gasteiger partial charge in [-0.15, -0.1) is 0 Å². The van der Waals surface area contributed by atoms with E-state index < -0.39 is 5.82 Å². The number of halogens is 1. The number of para-hydroxylation sites is 1. The molecule has 1 amide bonds. The Morgan fingerprint density at radius 2 is 1.66 bits per heavy atom. The maximum absolute atomic E-state index is 14.3. The molecule has 0 N–H and O–H groups in total. The van der Waals surface area contributed by atoms with Crippen LogP contribution in [-0.2, 0) is 9.47 Å². The lowest BCUT2D eigenvalue weighted by atomic mass is 9.89. The first kappa shape index (κ1) is 21.9. The normalized spacial score (nSPS) is 20.6. The number of rotatable bonds is 4. The van der Waals surface area contributed by atoms with Gasteiger partial charge < -0.3 is 14.2 Å². The summed E-state index contributed by atoms with van der Waals surface area (Å²) < 4.78 is 31.3. The number of hydrogen-bond acceptors (Lipinski definition) is 4. The van der Waals surface area contributed by atoms with Crippen LogP contribution >= 0.6 is 0 Å². The summed E-state index contributed by atoms with van der Waals surface area (Å²) in [6.45, 7) is 1.06. The van der Waals surface area contributed by atoms with Crippen molar-refractivity contribution in [1.82, 2.24) is 4.90 Å². The fraction of sp³-hybridized carbons (Fsp3) is 0.276. The summed E-state index contributed by atoms with van der Waals surface area (Å²) in [5.74, 6) is -0.159. The molecule has 6 rings (SSSR count). The van der Waals surface area contributed by atoms with Crippen LogP contribution in [0.1, 0.15) is 29.0 Å². The second-order valence-electron chi connectivity index (χ2n) is 9.19. The average molecular weight is 472 g/mol. The van der Waals surface area contributed by atoms with Gasteiger partial charge in [-0.2, -0.15) is 0 Å². The van der Waals surface area contributed by atoms with Gasteiger partial charge in [0.15, 0.2) is 11.6 Å². The standard InChI is InChI=1S/C29H26FNO4/c1-33-28-21(11-6-12-27(28)30)18-13-19-15-34-16-20(14-18)31(19)29(32)35-17-26-24-9-4-2-7-22(24)23-8-3-5-10-25(23)26/h2-13,19-20,26H,14-17H2,1H3. The molecule has 2 atom stereocenters. The van der Waals surface area contributed by atoms with Crippen molar-refractivity contribution in [2.75, 3.05) is 26.9 Å². The monoisotopic (exact) mass is 471 g/mol. The van der Waals surface area contributed by atoms with E-state index in [0.717, 1.165) is 11.1 Å². The molecular formula is C29H26FNO4. The Labute approximate surface area is 203 Å². The molecule has 0 aromatic heterocycles. The van der Waals surface area contributed by atoms with Gasteiger partial charge >= 0.3 is 6.09 Å². The van der Waals surface area contributed by atoms with Crippen LogP contribution in [0.15, 0.2) is 72.8 Å². The van der Waals surface area contributed by atoms with Crippen LogP contribution in [0.5, 0.6) is 5.75 Å². The van der Waals surface area contributed by atoms with Crippen molar-refractivity contribution in [2.45, 2.75) is 24.4 Å². The van der Waals surface area contributed by atoms with Gasteiger partial charge in [-0.05, 0) is 40.3 Å². The molecule has 0 radical (unpaired) electrons. The first-order chi connectivity index (χ1) is 17.2. The second kappa shape index (κ2) is 8.86. The van der Waals surface area contributed by atoms with E-state index in [1.54, 1.807) is 11.0 Å². The number of nitrogens with zero attached hydrogens (tertiary/aromatic N) is 1. The van der Waals surface area contributed by atoms with Crippen molar-refractivity contribution in [2.24, 2.45) is 0 Å². The maximum atomic E-state index is 14.3. The Bertz CT molecular complexity index is 1270. The number of amides is 1. The van der Waals surface area contributed by atoms with Crippen LogP contribution in [0.25, 0.3) is 16.7 Å². The third-order valence-corrected chi connectivity index (χ3v) is 7.26. The van der Waals surface area contributed by atoms with Crippen LogP contribution in [0.3, 0.4) is 0 Å².